The van der Waals surface area contributed by atoms with Gasteiger partial charge in [-0.25, -0.2) is 9.78 Å². The summed E-state index contributed by atoms with van der Waals surface area (Å²) in [5, 5.41) is 9.95. The van der Waals surface area contributed by atoms with Gasteiger partial charge < -0.3 is 15.0 Å². The number of likely N-dealkylation sites (tertiary alicyclic amines) is 1. The number of aromatic amines is 1. The lowest BCUT2D eigenvalue weighted by Crippen LogP contribution is -2.48. The number of aromatic nitrogens is 3. The van der Waals surface area contributed by atoms with Gasteiger partial charge in [0.05, 0.1) is 5.75 Å². The van der Waals surface area contributed by atoms with Gasteiger partial charge in [-0.05, 0) is 33.6 Å². The van der Waals surface area contributed by atoms with Gasteiger partial charge in [-0.2, -0.15) is 5.10 Å². The summed E-state index contributed by atoms with van der Waals surface area (Å²) in [5.74, 6) is 0.404. The summed E-state index contributed by atoms with van der Waals surface area (Å²) in [4.78, 5) is 29.7. The Morgan fingerprint density at radius 2 is 2.13 bits per heavy atom. The highest BCUT2D eigenvalue weighted by Crippen LogP contribution is 2.16. The molecule has 0 atom stereocenters. The van der Waals surface area contributed by atoms with Gasteiger partial charge >= 0.3 is 6.09 Å². The Bertz CT molecular complexity index is 521. The number of H-pyrrole nitrogens is 1. The largest absolute Gasteiger partial charge is 0.444 e. The number of carbonyl (C=O) groups excluding carboxylic acids is 2. The Hall–Kier alpha value is -1.77. The second kappa shape index (κ2) is 7.67. The molecule has 0 saturated carbocycles. The Kier molecular flexibility index (Phi) is 5.86. The molecule has 8 nitrogen and oxygen atoms in total. The molecule has 0 unspecified atom stereocenters. The molecule has 9 heteroatoms. The molecule has 2 N–H and O–H groups in total. The highest BCUT2D eigenvalue weighted by Gasteiger charge is 2.25. The van der Waals surface area contributed by atoms with Crippen LogP contribution in [0.2, 0.25) is 0 Å². The summed E-state index contributed by atoms with van der Waals surface area (Å²) in [6.07, 6.45) is 2.49. The molecule has 0 aromatic carbocycles. The molecule has 1 aliphatic heterocycles. The molecule has 128 valence electrons. The number of hydrogen-bond donors (Lipinski definition) is 2. The van der Waals surface area contributed by atoms with Gasteiger partial charge in [0.2, 0.25) is 5.91 Å². The van der Waals surface area contributed by atoms with Crippen molar-refractivity contribution in [1.82, 2.24) is 25.4 Å². The van der Waals surface area contributed by atoms with Gasteiger partial charge in [-0.3, -0.25) is 9.89 Å². The van der Waals surface area contributed by atoms with Crippen LogP contribution in [0.1, 0.15) is 33.6 Å². The number of amides is 2. The van der Waals surface area contributed by atoms with Crippen LogP contribution in [0.5, 0.6) is 0 Å². The number of nitrogens with one attached hydrogen (secondary N) is 2. The quantitative estimate of drug-likeness (QED) is 0.803. The van der Waals surface area contributed by atoms with Crippen molar-refractivity contribution in [2.75, 3.05) is 18.8 Å². The SMILES string of the molecule is CC(C)(C)OC(=O)NC1CCN(C(=O)CSc2ncn[nH]2)CC1. The number of hydrogen-bond acceptors (Lipinski definition) is 6. The summed E-state index contributed by atoms with van der Waals surface area (Å²) in [6, 6.07) is 0.0517. The smallest absolute Gasteiger partial charge is 0.407 e. The van der Waals surface area contributed by atoms with Crippen LogP contribution in [0.25, 0.3) is 0 Å². The number of thioether (sulfide) groups is 1. The number of piperidine rings is 1. The Morgan fingerprint density at radius 1 is 1.43 bits per heavy atom. The number of ether oxygens (including phenoxy) is 1. The van der Waals surface area contributed by atoms with Crippen molar-refractivity contribution in [3.63, 3.8) is 0 Å². The van der Waals surface area contributed by atoms with E-state index in [0.29, 0.717) is 24.0 Å². The van der Waals surface area contributed by atoms with E-state index in [1.165, 1.54) is 18.1 Å². The topological polar surface area (TPSA) is 100 Å². The maximum absolute atomic E-state index is 12.1. The van der Waals surface area contributed by atoms with Crippen molar-refractivity contribution < 1.29 is 14.3 Å². The molecule has 2 amide bonds. The molecule has 2 heterocycles. The van der Waals surface area contributed by atoms with Crippen LogP contribution < -0.4 is 5.32 Å². The van der Waals surface area contributed by atoms with Gasteiger partial charge in [0.25, 0.3) is 0 Å². The van der Waals surface area contributed by atoms with Crippen LogP contribution in [-0.4, -0.2) is 62.6 Å². The van der Waals surface area contributed by atoms with E-state index in [4.69, 9.17) is 4.74 Å². The molecule has 1 saturated heterocycles. The highest BCUT2D eigenvalue weighted by molar-refractivity contribution is 7.99. The van der Waals surface area contributed by atoms with E-state index in [9.17, 15) is 9.59 Å². The molecule has 1 aliphatic rings. The molecule has 0 bridgehead atoms. The van der Waals surface area contributed by atoms with Gasteiger partial charge in [0.1, 0.15) is 11.9 Å². The maximum atomic E-state index is 12.1. The van der Waals surface area contributed by atoms with Gasteiger partial charge in [0.15, 0.2) is 5.16 Å². The number of alkyl carbamates (subject to hydrolysis) is 1. The molecule has 1 aromatic rings. The highest BCUT2D eigenvalue weighted by atomic mass is 32.2. The molecule has 1 aromatic heterocycles. The van der Waals surface area contributed by atoms with Crippen LogP contribution in [0.4, 0.5) is 4.79 Å². The van der Waals surface area contributed by atoms with E-state index < -0.39 is 11.7 Å². The minimum atomic E-state index is -0.501. The third-order valence-corrected chi connectivity index (χ3v) is 4.16. The first-order valence-corrected chi connectivity index (χ1v) is 8.57. The van der Waals surface area contributed by atoms with Crippen molar-refractivity contribution in [3.05, 3.63) is 6.33 Å². The normalized spacial score (nSPS) is 16.2. The monoisotopic (exact) mass is 341 g/mol. The predicted octanol–water partition coefficient (Wildman–Crippen LogP) is 1.41. The van der Waals surface area contributed by atoms with Crippen LogP contribution in [0, 0.1) is 0 Å². The summed E-state index contributed by atoms with van der Waals surface area (Å²) in [7, 11) is 0. The van der Waals surface area contributed by atoms with Gasteiger partial charge in [0, 0.05) is 19.1 Å². The fraction of sp³-hybridized carbons (Fsp3) is 0.714. The first-order valence-electron chi connectivity index (χ1n) is 7.59. The van der Waals surface area contributed by atoms with E-state index >= 15 is 0 Å². The van der Waals surface area contributed by atoms with Crippen LogP contribution in [0.15, 0.2) is 11.5 Å². The van der Waals surface area contributed by atoms with Crippen LogP contribution in [0.3, 0.4) is 0 Å². The lowest BCUT2D eigenvalue weighted by Gasteiger charge is -2.32. The predicted molar refractivity (Wildman–Crippen MR) is 86.1 cm³/mol. The molecule has 2 rings (SSSR count). The first kappa shape index (κ1) is 17.6. The third-order valence-electron chi connectivity index (χ3n) is 3.29. The Balaban J connectivity index is 1.69. The summed E-state index contributed by atoms with van der Waals surface area (Å²) >= 11 is 1.34. The van der Waals surface area contributed by atoms with Crippen LogP contribution >= 0.6 is 11.8 Å². The van der Waals surface area contributed by atoms with Crippen molar-refractivity contribution in [2.24, 2.45) is 0 Å². The zero-order valence-electron chi connectivity index (χ0n) is 13.7. The van der Waals surface area contributed by atoms with E-state index in [1.54, 1.807) is 0 Å². The molecule has 0 radical (unpaired) electrons. The minimum absolute atomic E-state index is 0.0517. The average Bonchev–Trinajstić information content (AvgIpc) is 2.96. The summed E-state index contributed by atoms with van der Waals surface area (Å²) < 4.78 is 5.24. The fourth-order valence-electron chi connectivity index (χ4n) is 2.23. The zero-order valence-corrected chi connectivity index (χ0v) is 14.5. The second-order valence-corrected chi connectivity index (χ2v) is 7.34. The van der Waals surface area contributed by atoms with Crippen LogP contribution in [-0.2, 0) is 9.53 Å². The van der Waals surface area contributed by atoms with Crippen molar-refractivity contribution in [3.8, 4) is 0 Å². The van der Waals surface area contributed by atoms with Gasteiger partial charge in [-0.1, -0.05) is 11.8 Å². The Labute approximate surface area is 139 Å². The number of rotatable bonds is 4. The molecule has 1 fully saturated rings. The number of nitrogens with zero attached hydrogens (tertiary/aromatic N) is 3. The maximum Gasteiger partial charge on any atom is 0.407 e. The average molecular weight is 341 g/mol. The molecular formula is C14H23N5O3S. The first-order chi connectivity index (χ1) is 10.8. The minimum Gasteiger partial charge on any atom is -0.444 e. The van der Waals surface area contributed by atoms with E-state index in [-0.39, 0.29) is 11.9 Å². The molecule has 0 aliphatic carbocycles. The molecule has 0 spiro atoms. The lowest BCUT2D eigenvalue weighted by atomic mass is 10.1. The standard InChI is InChI=1S/C14H23N5O3S/c1-14(2,3)22-13(21)17-10-4-6-19(7-5-10)11(20)8-23-12-15-9-16-18-12/h9-10H,4-8H2,1-3H3,(H,17,21)(H,15,16,18). The van der Waals surface area contributed by atoms with Crippen molar-refractivity contribution in [1.29, 1.82) is 0 Å². The summed E-state index contributed by atoms with van der Waals surface area (Å²) in [5.41, 5.74) is -0.501. The molecule has 23 heavy (non-hydrogen) atoms. The summed E-state index contributed by atoms with van der Waals surface area (Å²) in [6.45, 7) is 6.77. The zero-order chi connectivity index (χ0) is 16.9. The Morgan fingerprint density at radius 3 is 2.70 bits per heavy atom. The van der Waals surface area contributed by atoms with E-state index in [2.05, 4.69) is 20.5 Å². The van der Waals surface area contributed by atoms with E-state index in [1.807, 2.05) is 25.7 Å². The van der Waals surface area contributed by atoms with Crippen molar-refractivity contribution >= 4 is 23.8 Å². The number of carbonyl (C=O) groups is 2. The molecular weight excluding hydrogens is 318 g/mol. The fourth-order valence-corrected chi connectivity index (χ4v) is 2.91. The van der Waals surface area contributed by atoms with Gasteiger partial charge in [-0.15, -0.1) is 0 Å². The third kappa shape index (κ3) is 6.09. The van der Waals surface area contributed by atoms with Crippen molar-refractivity contribution in [2.45, 2.75) is 50.4 Å². The van der Waals surface area contributed by atoms with E-state index in [0.717, 1.165) is 12.8 Å². The second-order valence-electron chi connectivity index (χ2n) is 6.38. The lowest BCUT2D eigenvalue weighted by molar-refractivity contribution is -0.129.